The summed E-state index contributed by atoms with van der Waals surface area (Å²) in [4.78, 5) is 11.5. The van der Waals surface area contributed by atoms with Crippen molar-refractivity contribution in [2.24, 2.45) is 11.8 Å². The second-order valence-corrected chi connectivity index (χ2v) is 4.78. The van der Waals surface area contributed by atoms with Crippen LogP contribution in [0.15, 0.2) is 0 Å². The van der Waals surface area contributed by atoms with Crippen molar-refractivity contribution >= 4 is 5.97 Å². The summed E-state index contributed by atoms with van der Waals surface area (Å²) in [6.45, 7) is 6.34. The molecule has 1 fully saturated rings. The van der Waals surface area contributed by atoms with Crippen molar-refractivity contribution in [1.82, 2.24) is 0 Å². The average Bonchev–Trinajstić information content (AvgIpc) is 2.19. The highest BCUT2D eigenvalue weighted by atomic mass is 16.5. The monoisotopic (exact) mass is 214 g/mol. The number of carbonyl (C=O) groups excluding carboxylic acids is 1. The van der Waals surface area contributed by atoms with Gasteiger partial charge in [0.15, 0.2) is 0 Å². The molecule has 0 amide bonds. The van der Waals surface area contributed by atoms with Crippen LogP contribution in [0.5, 0.6) is 0 Å². The number of ether oxygens (including phenoxy) is 1. The Labute approximate surface area is 91.8 Å². The molecule has 1 aliphatic carbocycles. The van der Waals surface area contributed by atoms with E-state index in [0.717, 1.165) is 12.8 Å². The number of hydrogen-bond acceptors (Lipinski definition) is 3. The van der Waals surface area contributed by atoms with E-state index in [9.17, 15) is 9.90 Å². The maximum Gasteiger partial charge on any atom is 0.308 e. The second kappa shape index (κ2) is 4.97. The fraction of sp³-hybridized carbons (Fsp3) is 0.917. The SMILES string of the molecule is CCOC(=O)C1CCC(O)(C(C)C)CC1. The predicted octanol–water partition coefficient (Wildman–Crippen LogP) is 2.13. The summed E-state index contributed by atoms with van der Waals surface area (Å²) in [6.07, 6.45) is 2.95. The highest BCUT2D eigenvalue weighted by Gasteiger charge is 2.38. The molecule has 15 heavy (non-hydrogen) atoms. The van der Waals surface area contributed by atoms with E-state index in [2.05, 4.69) is 0 Å². The molecule has 1 saturated carbocycles. The maximum atomic E-state index is 11.5. The Morgan fingerprint density at radius 1 is 1.47 bits per heavy atom. The highest BCUT2D eigenvalue weighted by Crippen LogP contribution is 2.37. The van der Waals surface area contributed by atoms with Crippen LogP contribution in [0.2, 0.25) is 0 Å². The van der Waals surface area contributed by atoms with Crippen molar-refractivity contribution in [3.63, 3.8) is 0 Å². The molecule has 1 N–H and O–H groups in total. The molecule has 88 valence electrons. The van der Waals surface area contributed by atoms with E-state index in [1.807, 2.05) is 20.8 Å². The van der Waals surface area contributed by atoms with Gasteiger partial charge in [-0.25, -0.2) is 0 Å². The van der Waals surface area contributed by atoms with Crippen LogP contribution in [0.1, 0.15) is 46.5 Å². The molecule has 1 aliphatic rings. The Morgan fingerprint density at radius 3 is 2.40 bits per heavy atom. The quantitative estimate of drug-likeness (QED) is 0.732. The van der Waals surface area contributed by atoms with Crippen LogP contribution in [-0.4, -0.2) is 23.3 Å². The molecule has 0 aromatic carbocycles. The first-order valence-corrected chi connectivity index (χ1v) is 5.88. The lowest BCUT2D eigenvalue weighted by Crippen LogP contribution is -2.40. The summed E-state index contributed by atoms with van der Waals surface area (Å²) in [5, 5.41) is 10.2. The average molecular weight is 214 g/mol. The zero-order valence-electron chi connectivity index (χ0n) is 9.95. The third-order valence-corrected chi connectivity index (χ3v) is 3.55. The van der Waals surface area contributed by atoms with E-state index < -0.39 is 5.60 Å². The van der Waals surface area contributed by atoms with Gasteiger partial charge < -0.3 is 9.84 Å². The lowest BCUT2D eigenvalue weighted by Gasteiger charge is -2.38. The van der Waals surface area contributed by atoms with Gasteiger partial charge in [0.1, 0.15) is 0 Å². The molecular weight excluding hydrogens is 192 g/mol. The van der Waals surface area contributed by atoms with Gasteiger partial charge in [-0.1, -0.05) is 13.8 Å². The summed E-state index contributed by atoms with van der Waals surface area (Å²) in [5.74, 6) is 0.174. The van der Waals surface area contributed by atoms with E-state index in [4.69, 9.17) is 4.74 Å². The number of carbonyl (C=O) groups is 1. The lowest BCUT2D eigenvalue weighted by atomic mass is 9.73. The second-order valence-electron chi connectivity index (χ2n) is 4.78. The summed E-state index contributed by atoms with van der Waals surface area (Å²) in [7, 11) is 0. The van der Waals surface area contributed by atoms with Gasteiger partial charge in [0, 0.05) is 0 Å². The molecule has 0 aliphatic heterocycles. The Hall–Kier alpha value is -0.570. The molecule has 0 bridgehead atoms. The lowest BCUT2D eigenvalue weighted by molar-refractivity contribution is -0.152. The number of esters is 1. The van der Waals surface area contributed by atoms with Crippen molar-refractivity contribution < 1.29 is 14.6 Å². The van der Waals surface area contributed by atoms with Crippen LogP contribution in [0.4, 0.5) is 0 Å². The van der Waals surface area contributed by atoms with Gasteiger partial charge >= 0.3 is 5.97 Å². The van der Waals surface area contributed by atoms with E-state index in [0.29, 0.717) is 19.4 Å². The van der Waals surface area contributed by atoms with E-state index in [1.165, 1.54) is 0 Å². The van der Waals surface area contributed by atoms with Gasteiger partial charge in [-0.2, -0.15) is 0 Å². The first-order valence-electron chi connectivity index (χ1n) is 5.88. The minimum atomic E-state index is -0.566. The van der Waals surface area contributed by atoms with E-state index in [-0.39, 0.29) is 17.8 Å². The van der Waals surface area contributed by atoms with E-state index >= 15 is 0 Å². The van der Waals surface area contributed by atoms with Crippen LogP contribution >= 0.6 is 0 Å². The third-order valence-electron chi connectivity index (χ3n) is 3.55. The molecule has 0 aromatic heterocycles. The van der Waals surface area contributed by atoms with Crippen LogP contribution in [0.25, 0.3) is 0 Å². The Bertz CT molecular complexity index is 215. The summed E-state index contributed by atoms with van der Waals surface area (Å²) in [6, 6.07) is 0. The van der Waals surface area contributed by atoms with Gasteiger partial charge in [-0.05, 0) is 38.5 Å². The van der Waals surface area contributed by atoms with E-state index in [1.54, 1.807) is 0 Å². The number of aliphatic hydroxyl groups is 1. The first kappa shape index (κ1) is 12.5. The summed E-state index contributed by atoms with van der Waals surface area (Å²) < 4.78 is 4.99. The van der Waals surface area contributed by atoms with Gasteiger partial charge in [0.25, 0.3) is 0 Å². The number of hydrogen-bond donors (Lipinski definition) is 1. The Balaban J connectivity index is 2.45. The normalized spacial score (nSPS) is 31.7. The van der Waals surface area contributed by atoms with Crippen LogP contribution < -0.4 is 0 Å². The Kier molecular flexibility index (Phi) is 4.14. The molecular formula is C12H22O3. The fourth-order valence-corrected chi connectivity index (χ4v) is 2.19. The molecule has 0 saturated heterocycles. The molecule has 0 aromatic rings. The van der Waals surface area contributed by atoms with Crippen LogP contribution in [-0.2, 0) is 9.53 Å². The minimum absolute atomic E-state index is 0.00368. The molecule has 0 atom stereocenters. The minimum Gasteiger partial charge on any atom is -0.466 e. The van der Waals surface area contributed by atoms with Gasteiger partial charge in [0.05, 0.1) is 18.1 Å². The Morgan fingerprint density at radius 2 is 2.00 bits per heavy atom. The van der Waals surface area contributed by atoms with Crippen molar-refractivity contribution in [2.75, 3.05) is 6.61 Å². The summed E-state index contributed by atoms with van der Waals surface area (Å²) in [5.41, 5.74) is -0.566. The summed E-state index contributed by atoms with van der Waals surface area (Å²) >= 11 is 0. The molecule has 3 nitrogen and oxygen atoms in total. The fourth-order valence-electron chi connectivity index (χ4n) is 2.19. The number of rotatable bonds is 3. The van der Waals surface area contributed by atoms with Crippen molar-refractivity contribution in [3.05, 3.63) is 0 Å². The first-order chi connectivity index (χ1) is 6.99. The zero-order valence-corrected chi connectivity index (χ0v) is 9.95. The smallest absolute Gasteiger partial charge is 0.308 e. The van der Waals surface area contributed by atoms with Gasteiger partial charge in [0.2, 0.25) is 0 Å². The predicted molar refractivity (Wildman–Crippen MR) is 58.4 cm³/mol. The molecule has 3 heteroatoms. The maximum absolute atomic E-state index is 11.5. The molecule has 0 spiro atoms. The third kappa shape index (κ3) is 2.94. The van der Waals surface area contributed by atoms with Crippen LogP contribution in [0.3, 0.4) is 0 Å². The largest absolute Gasteiger partial charge is 0.466 e. The molecule has 0 unspecified atom stereocenters. The van der Waals surface area contributed by atoms with Gasteiger partial charge in [-0.15, -0.1) is 0 Å². The van der Waals surface area contributed by atoms with Crippen molar-refractivity contribution in [3.8, 4) is 0 Å². The highest BCUT2D eigenvalue weighted by molar-refractivity contribution is 5.72. The molecule has 0 heterocycles. The van der Waals surface area contributed by atoms with Crippen molar-refractivity contribution in [2.45, 2.75) is 52.1 Å². The standard InChI is InChI=1S/C12H22O3/c1-4-15-11(13)10-5-7-12(14,8-6-10)9(2)3/h9-10,14H,4-8H2,1-3H3. The topological polar surface area (TPSA) is 46.5 Å². The van der Waals surface area contributed by atoms with Crippen molar-refractivity contribution in [1.29, 1.82) is 0 Å². The molecule has 0 radical (unpaired) electrons. The zero-order chi connectivity index (χ0) is 11.5. The molecule has 1 rings (SSSR count). The van der Waals surface area contributed by atoms with Crippen LogP contribution in [0, 0.1) is 11.8 Å². The van der Waals surface area contributed by atoms with Gasteiger partial charge in [-0.3, -0.25) is 4.79 Å².